The maximum atomic E-state index is 10.9. The standard InChI is InChI=1S/C7H12ClNO3/c1-5(9-6(2)10)7(11)12-4-3-8/h5H,3-4H2,1-2H3,(H,9,10)/t5-/m0/s1. The van der Waals surface area contributed by atoms with E-state index in [0.29, 0.717) is 0 Å². The summed E-state index contributed by atoms with van der Waals surface area (Å²) in [5, 5.41) is 2.39. The van der Waals surface area contributed by atoms with E-state index in [1.807, 2.05) is 0 Å². The molecule has 0 aromatic carbocycles. The molecule has 0 unspecified atom stereocenters. The molecule has 0 spiro atoms. The Morgan fingerprint density at radius 1 is 1.58 bits per heavy atom. The van der Waals surface area contributed by atoms with Crippen LogP contribution in [0.2, 0.25) is 0 Å². The van der Waals surface area contributed by atoms with Crippen molar-refractivity contribution in [1.29, 1.82) is 0 Å². The molecule has 1 N–H and O–H groups in total. The van der Waals surface area contributed by atoms with E-state index < -0.39 is 12.0 Å². The van der Waals surface area contributed by atoms with Gasteiger partial charge in [0.25, 0.3) is 0 Å². The lowest BCUT2D eigenvalue weighted by Crippen LogP contribution is -2.38. The lowest BCUT2D eigenvalue weighted by molar-refractivity contribution is -0.146. The summed E-state index contributed by atoms with van der Waals surface area (Å²) in [7, 11) is 0. The first-order valence-corrected chi connectivity index (χ1v) is 4.11. The van der Waals surface area contributed by atoms with Gasteiger partial charge < -0.3 is 10.1 Å². The molecule has 0 bridgehead atoms. The number of ether oxygens (including phenoxy) is 1. The largest absolute Gasteiger partial charge is 0.463 e. The number of amides is 1. The zero-order chi connectivity index (χ0) is 9.56. The number of alkyl halides is 1. The third kappa shape index (κ3) is 4.96. The van der Waals surface area contributed by atoms with Crippen LogP contribution in [0.15, 0.2) is 0 Å². The van der Waals surface area contributed by atoms with Gasteiger partial charge >= 0.3 is 5.97 Å². The summed E-state index contributed by atoms with van der Waals surface area (Å²) in [6, 6.07) is -0.606. The molecule has 0 aliphatic carbocycles. The molecule has 0 aliphatic rings. The number of hydrogen-bond acceptors (Lipinski definition) is 3. The highest BCUT2D eigenvalue weighted by Crippen LogP contribution is 1.88. The van der Waals surface area contributed by atoms with Crippen molar-refractivity contribution < 1.29 is 14.3 Å². The van der Waals surface area contributed by atoms with Crippen LogP contribution in [0, 0.1) is 0 Å². The zero-order valence-electron chi connectivity index (χ0n) is 7.09. The summed E-state index contributed by atoms with van der Waals surface area (Å²) in [6.07, 6.45) is 0. The van der Waals surface area contributed by atoms with Crippen molar-refractivity contribution in [3.63, 3.8) is 0 Å². The summed E-state index contributed by atoms with van der Waals surface area (Å²) in [5.41, 5.74) is 0. The van der Waals surface area contributed by atoms with Crippen molar-refractivity contribution in [3.05, 3.63) is 0 Å². The zero-order valence-corrected chi connectivity index (χ0v) is 7.85. The first-order valence-electron chi connectivity index (χ1n) is 3.57. The molecule has 0 aliphatic heterocycles. The second-order valence-corrected chi connectivity index (χ2v) is 2.66. The van der Waals surface area contributed by atoms with E-state index in [4.69, 9.17) is 11.6 Å². The Kier molecular flexibility index (Phi) is 5.45. The van der Waals surface area contributed by atoms with Crippen molar-refractivity contribution in [1.82, 2.24) is 5.32 Å². The molecule has 0 radical (unpaired) electrons. The van der Waals surface area contributed by atoms with Crippen LogP contribution in [0.4, 0.5) is 0 Å². The van der Waals surface area contributed by atoms with Gasteiger partial charge in [0.15, 0.2) is 0 Å². The van der Waals surface area contributed by atoms with E-state index in [1.165, 1.54) is 6.92 Å². The van der Waals surface area contributed by atoms with Gasteiger partial charge in [-0.25, -0.2) is 4.79 Å². The van der Waals surface area contributed by atoms with Crippen LogP contribution in [0.3, 0.4) is 0 Å². The van der Waals surface area contributed by atoms with Crippen LogP contribution < -0.4 is 5.32 Å². The number of rotatable bonds is 4. The minimum atomic E-state index is -0.606. The Labute approximate surface area is 76.2 Å². The van der Waals surface area contributed by atoms with E-state index in [9.17, 15) is 9.59 Å². The fourth-order valence-electron chi connectivity index (χ4n) is 0.628. The maximum absolute atomic E-state index is 10.9. The Hall–Kier alpha value is -0.770. The molecule has 5 heteroatoms. The molecule has 1 amide bonds. The molecule has 1 atom stereocenters. The first-order chi connectivity index (χ1) is 5.57. The molecule has 0 saturated heterocycles. The molecule has 0 rings (SSSR count). The van der Waals surface area contributed by atoms with Crippen molar-refractivity contribution in [2.75, 3.05) is 12.5 Å². The third-order valence-corrected chi connectivity index (χ3v) is 1.25. The quantitative estimate of drug-likeness (QED) is 0.516. The number of hydrogen-bond donors (Lipinski definition) is 1. The van der Waals surface area contributed by atoms with Gasteiger partial charge in [-0.1, -0.05) is 0 Å². The summed E-state index contributed by atoms with van der Waals surface area (Å²) in [4.78, 5) is 21.4. The Morgan fingerprint density at radius 3 is 2.58 bits per heavy atom. The lowest BCUT2D eigenvalue weighted by atomic mass is 10.3. The molecule has 0 fully saturated rings. The Balaban J connectivity index is 3.69. The summed E-state index contributed by atoms with van der Waals surface area (Å²) in [5.74, 6) is -0.463. The molecular weight excluding hydrogens is 182 g/mol. The highest BCUT2D eigenvalue weighted by Gasteiger charge is 2.14. The molecule has 4 nitrogen and oxygen atoms in total. The maximum Gasteiger partial charge on any atom is 0.328 e. The monoisotopic (exact) mass is 193 g/mol. The van der Waals surface area contributed by atoms with Gasteiger partial charge in [0, 0.05) is 6.92 Å². The van der Waals surface area contributed by atoms with Crippen LogP contribution in [-0.4, -0.2) is 30.4 Å². The minimum Gasteiger partial charge on any atom is -0.463 e. The van der Waals surface area contributed by atoms with Crippen LogP contribution >= 0.6 is 11.6 Å². The Morgan fingerprint density at radius 2 is 2.17 bits per heavy atom. The molecule has 0 heterocycles. The highest BCUT2D eigenvalue weighted by molar-refractivity contribution is 6.18. The van der Waals surface area contributed by atoms with Gasteiger partial charge in [-0.15, -0.1) is 11.6 Å². The van der Waals surface area contributed by atoms with Gasteiger partial charge in [-0.3, -0.25) is 4.79 Å². The second-order valence-electron chi connectivity index (χ2n) is 2.28. The fraction of sp³-hybridized carbons (Fsp3) is 0.714. The van der Waals surface area contributed by atoms with E-state index in [2.05, 4.69) is 10.1 Å². The van der Waals surface area contributed by atoms with E-state index in [0.717, 1.165) is 0 Å². The minimum absolute atomic E-state index is 0.171. The first kappa shape index (κ1) is 11.2. The predicted octanol–water partition coefficient (Wildman–Crippen LogP) is 0.293. The lowest BCUT2D eigenvalue weighted by Gasteiger charge is -2.10. The van der Waals surface area contributed by atoms with Crippen LogP contribution in [-0.2, 0) is 14.3 Å². The van der Waals surface area contributed by atoms with Crippen LogP contribution in [0.5, 0.6) is 0 Å². The molecule has 0 aromatic heterocycles. The van der Waals surface area contributed by atoms with Crippen LogP contribution in [0.25, 0.3) is 0 Å². The van der Waals surface area contributed by atoms with Gasteiger partial charge in [-0.05, 0) is 6.92 Å². The topological polar surface area (TPSA) is 55.4 Å². The fourth-order valence-corrected chi connectivity index (χ4v) is 0.705. The van der Waals surface area contributed by atoms with Gasteiger partial charge in [0.2, 0.25) is 5.91 Å². The number of carbonyl (C=O) groups is 2. The van der Waals surface area contributed by atoms with Crippen molar-refractivity contribution in [3.8, 4) is 0 Å². The van der Waals surface area contributed by atoms with Crippen LogP contribution in [0.1, 0.15) is 13.8 Å². The number of halogens is 1. The predicted molar refractivity (Wildman–Crippen MR) is 45.0 cm³/mol. The second kappa shape index (κ2) is 5.83. The molecule has 12 heavy (non-hydrogen) atoms. The van der Waals surface area contributed by atoms with Crippen molar-refractivity contribution in [2.45, 2.75) is 19.9 Å². The summed E-state index contributed by atoms with van der Waals surface area (Å²) >= 11 is 5.29. The highest BCUT2D eigenvalue weighted by atomic mass is 35.5. The molecule has 70 valence electrons. The number of esters is 1. The van der Waals surface area contributed by atoms with Crippen molar-refractivity contribution in [2.24, 2.45) is 0 Å². The number of nitrogens with one attached hydrogen (secondary N) is 1. The molecule has 0 saturated carbocycles. The summed E-state index contributed by atoms with van der Waals surface area (Å²) < 4.78 is 4.67. The smallest absolute Gasteiger partial charge is 0.328 e. The molecular formula is C7H12ClNO3. The summed E-state index contributed by atoms with van der Waals surface area (Å²) in [6.45, 7) is 3.06. The normalized spacial score (nSPS) is 11.9. The van der Waals surface area contributed by atoms with Gasteiger partial charge in [-0.2, -0.15) is 0 Å². The number of carbonyl (C=O) groups excluding carboxylic acids is 2. The average Bonchev–Trinajstić information content (AvgIpc) is 1.98. The van der Waals surface area contributed by atoms with Gasteiger partial charge in [0.05, 0.1) is 5.88 Å². The van der Waals surface area contributed by atoms with Gasteiger partial charge in [0.1, 0.15) is 12.6 Å². The van der Waals surface area contributed by atoms with E-state index >= 15 is 0 Å². The van der Waals surface area contributed by atoms with E-state index in [-0.39, 0.29) is 18.4 Å². The van der Waals surface area contributed by atoms with E-state index in [1.54, 1.807) is 6.92 Å². The van der Waals surface area contributed by atoms with Crippen molar-refractivity contribution >= 4 is 23.5 Å². The SMILES string of the molecule is CC(=O)N[C@@H](C)C(=O)OCCCl. The third-order valence-electron chi connectivity index (χ3n) is 1.09. The Bertz CT molecular complexity index is 172. The average molecular weight is 194 g/mol. The molecule has 0 aromatic rings.